The molecule has 20 rings (SSSR count). The van der Waals surface area contributed by atoms with E-state index in [1.807, 2.05) is 64.2 Å². The average molecular weight is 1900 g/mol. The minimum absolute atomic E-state index is 0.0231. The Bertz CT molecular complexity index is 5910. The molecule has 10 fully saturated rings. The minimum atomic E-state index is -0.389. The number of nitrogens with two attached hydrogens (primary N) is 2. The van der Waals surface area contributed by atoms with Gasteiger partial charge in [0.15, 0.2) is 28.9 Å². The number of nitrogen functional groups attached to an aromatic ring is 2. The Morgan fingerprint density at radius 3 is 1.65 bits per heavy atom. The number of H-pyrrole nitrogens is 1. The molecule has 3 amide bonds. The molecule has 8 atom stereocenters. The number of para-hydroxylation sites is 1. The van der Waals surface area contributed by atoms with Gasteiger partial charge in [-0.05, 0) is 194 Å². The first-order valence-corrected chi connectivity index (χ1v) is 49.0. The molecule has 139 heavy (non-hydrogen) atoms. The number of aliphatic hydroxyl groups excluding tert-OH is 1. The number of rotatable bonds is 36. The van der Waals surface area contributed by atoms with Crippen LogP contribution in [0.3, 0.4) is 0 Å². The molecule has 2 bridgehead atoms. The predicted octanol–water partition coefficient (Wildman–Crippen LogP) is 12.0. The van der Waals surface area contributed by atoms with Crippen molar-refractivity contribution < 1.29 is 62.2 Å². The Balaban J connectivity index is 0.000000134. The second-order valence-electron chi connectivity index (χ2n) is 38.2. The fraction of sp³-hybridized carbons (Fsp3) is 0.524. The number of nitrogens with one attached hydrogen (secondary N) is 4. The molecule has 36 nitrogen and oxygen atoms in total. The zero-order valence-corrected chi connectivity index (χ0v) is 80.1. The Kier molecular flexibility index (Phi) is 32.7. The van der Waals surface area contributed by atoms with Crippen LogP contribution in [0.25, 0.3) is 16.5 Å². The van der Waals surface area contributed by atoms with E-state index in [1.165, 1.54) is 47.0 Å². The number of carbonyl (C=O) groups is 4. The number of allylic oxidation sites excluding steroid dienone is 2. The Morgan fingerprint density at radius 1 is 0.597 bits per heavy atom. The number of piperidine rings is 4. The quantitative estimate of drug-likeness (QED) is 0.0142. The van der Waals surface area contributed by atoms with Crippen LogP contribution in [0.5, 0.6) is 35.5 Å². The van der Waals surface area contributed by atoms with Crippen molar-refractivity contribution in [2.24, 2.45) is 52.8 Å². The lowest BCUT2D eigenvalue weighted by Gasteiger charge is -2.61. The lowest BCUT2D eigenvalue weighted by Crippen LogP contribution is -2.52. The number of terminal acetylenes is 1. The molecule has 0 spiro atoms. The maximum atomic E-state index is 13.2. The molecule has 732 valence electrons. The van der Waals surface area contributed by atoms with Gasteiger partial charge in [-0.25, -0.2) is 9.97 Å². The van der Waals surface area contributed by atoms with Crippen molar-refractivity contribution in [3.05, 3.63) is 155 Å². The number of ether oxygens (including phenoxy) is 8. The molecule has 11 aliphatic rings. The van der Waals surface area contributed by atoms with Crippen LogP contribution in [-0.2, 0) is 15.9 Å². The molecule has 5 saturated heterocycles. The number of pyridine rings is 3. The van der Waals surface area contributed by atoms with Gasteiger partial charge < -0.3 is 95.0 Å². The smallest absolute Gasteiger partial charge is 0.319 e. The summed E-state index contributed by atoms with van der Waals surface area (Å²) < 4.78 is 45.7. The minimum Gasteiger partial charge on any atom is -0.489 e. The molecule has 6 aliphatic carbocycles. The van der Waals surface area contributed by atoms with Gasteiger partial charge in [-0.3, -0.25) is 24.2 Å². The fourth-order valence-corrected chi connectivity index (χ4v) is 19.0. The number of aromatic nitrogens is 12. The third kappa shape index (κ3) is 25.7. The summed E-state index contributed by atoms with van der Waals surface area (Å²) in [5.74, 6) is 9.49. The number of nitrogens with zero attached hydrogens (tertiary/aromatic N) is 17. The molecule has 9 N–H and O–H groups in total. The lowest BCUT2D eigenvalue weighted by molar-refractivity contribution is -0.103. The summed E-state index contributed by atoms with van der Waals surface area (Å²) in [4.78, 5) is 112. The van der Waals surface area contributed by atoms with E-state index in [2.05, 4.69) is 150 Å². The zero-order valence-electron chi connectivity index (χ0n) is 80.1. The molecule has 5 saturated carbocycles. The highest BCUT2D eigenvalue weighted by Crippen LogP contribution is 2.66. The SMILES string of the molecule is C#Cc1cnc(N)c(OCC2CCN(c3cc(C(=O)NCC)nc(O[C@H](C)COC)n3)CC2)c1.CC[C@@H](C)NC(=O)c1cc(N2CCC(C3=CCc4ncccc43)CC2)nc(OC[C@H]2CCO2)n1.C[C@H](CO)NC(=O)c1cc(N2CCC(c3c[nH]c4ccccc34)CC2)nc(OC[C@H]2CC2C#N)n1.N#C[C@H]1C[C@H]1COc1nc(C(=O)CC23CC(C2)C3)cc(N2CCC(COc3cccnc3N)CC2)n1. The standard InChI is InChI=1S/C27H32N6O3.C26H30N6O3.C26H33N5O3.C24H32N6O4/c28-14-19-8-20(19)16-36-26-31-21(22(34)13-27-10-18(11-27)12-27)9-24(32-26)33-6-3-17(4-7-33)15-35-23-2-1-5-30-25(23)29;1-16(14-33)29-25(34)23-11-24(31-26(30-23)35-15-19-10-18(19)12-27)32-8-6-17(7-9-32)21-13-28-22-5-3-2-4-20(21)22;1-3-17(2)28-25(32)23-15-24(30-26(29-23)34-16-19-10-14-33-19)31-12-8-18(9-13-31)20-6-7-22-21(20)5-4-11-27-22;1-5-17-11-20(22(25)27-13-17)33-15-18-7-9-30(10-8-18)21-12-19(23(31)26-6-2)28-24(29-21)34-16(3)14-32-4/h1-2,5,9,17-20H,3-4,6-8,10-13,15-16H2,(H2,29,30);2-5,11,13,16-19,28,33H,6-10,14-15H2,1H3,(H,29,34);4-6,11,15,17-19H,3,7-10,12-14,16H2,1-2H3,(H,28,32);1,11-13,16,18H,6-10,14-15H2,2-4H3,(H2,25,27)(H,26,31)/t18?,19-,20+,27?;16-,18?,19-;17-,19-;16-/m1111/s1. The van der Waals surface area contributed by atoms with Crippen LogP contribution in [0.1, 0.15) is 208 Å². The second-order valence-corrected chi connectivity index (χ2v) is 38.2. The second kappa shape index (κ2) is 46.2. The molecule has 1 unspecified atom stereocenters. The van der Waals surface area contributed by atoms with Crippen molar-refractivity contribution in [2.75, 3.05) is 150 Å². The summed E-state index contributed by atoms with van der Waals surface area (Å²) >= 11 is 0. The van der Waals surface area contributed by atoms with Crippen LogP contribution in [-0.4, -0.2) is 232 Å². The highest BCUT2D eigenvalue weighted by molar-refractivity contribution is 5.96. The highest BCUT2D eigenvalue weighted by Gasteiger charge is 2.57. The van der Waals surface area contributed by atoms with Gasteiger partial charge in [0.2, 0.25) is 0 Å². The van der Waals surface area contributed by atoms with Gasteiger partial charge in [-0.15, -0.1) is 6.42 Å². The average Bonchev–Trinajstić information content (AvgIpc) is 1.28. The van der Waals surface area contributed by atoms with Crippen molar-refractivity contribution in [1.29, 1.82) is 10.5 Å². The zero-order chi connectivity index (χ0) is 97.1. The summed E-state index contributed by atoms with van der Waals surface area (Å²) in [6, 6.07) is 30.0. The van der Waals surface area contributed by atoms with Gasteiger partial charge in [-0.1, -0.05) is 43.2 Å². The van der Waals surface area contributed by atoms with Crippen molar-refractivity contribution in [3.63, 3.8) is 0 Å². The number of ketones is 1. The van der Waals surface area contributed by atoms with Crippen LogP contribution < -0.4 is 75.4 Å². The predicted molar refractivity (Wildman–Crippen MR) is 523 cm³/mol. The number of methoxy groups -OCH3 is 1. The number of nitriles is 2. The van der Waals surface area contributed by atoms with Crippen LogP contribution in [0.2, 0.25) is 0 Å². The summed E-state index contributed by atoms with van der Waals surface area (Å²) in [7, 11) is 1.60. The van der Waals surface area contributed by atoms with Crippen LogP contribution in [0.4, 0.5) is 34.9 Å². The largest absolute Gasteiger partial charge is 0.489 e. The van der Waals surface area contributed by atoms with Gasteiger partial charge in [-0.2, -0.15) is 50.4 Å². The van der Waals surface area contributed by atoms with E-state index in [0.29, 0.717) is 128 Å². The number of hydrogen-bond donors (Lipinski definition) is 7. The van der Waals surface area contributed by atoms with Gasteiger partial charge in [0.05, 0.1) is 75.4 Å². The van der Waals surface area contributed by atoms with Crippen molar-refractivity contribution in [1.82, 2.24) is 75.8 Å². The molecule has 5 aliphatic heterocycles. The number of aliphatic hydroxyl groups is 1. The van der Waals surface area contributed by atoms with Crippen LogP contribution >= 0.6 is 0 Å². The molecular formula is C103H127N23O13. The number of carbonyl (C=O) groups excluding carboxylic acids is 4. The molecular weight excluding hydrogens is 1770 g/mol. The van der Waals surface area contributed by atoms with Gasteiger partial charge in [0.25, 0.3) is 17.7 Å². The molecule has 13 heterocycles. The summed E-state index contributed by atoms with van der Waals surface area (Å²) in [6.45, 7) is 19.7. The number of aromatic amines is 1. The summed E-state index contributed by atoms with van der Waals surface area (Å²) in [6.07, 6.45) is 31.0. The Hall–Kier alpha value is -13.6. The first-order valence-electron chi connectivity index (χ1n) is 49.0. The van der Waals surface area contributed by atoms with E-state index in [0.717, 1.165) is 166 Å². The maximum Gasteiger partial charge on any atom is 0.319 e. The van der Waals surface area contributed by atoms with Gasteiger partial charge in [0, 0.05) is 187 Å². The summed E-state index contributed by atoms with van der Waals surface area (Å²) in [5.41, 5.74) is 20.3. The number of benzene rings is 1. The van der Waals surface area contributed by atoms with E-state index in [9.17, 15) is 24.3 Å². The van der Waals surface area contributed by atoms with E-state index >= 15 is 0 Å². The third-order valence-corrected chi connectivity index (χ3v) is 27.9. The Morgan fingerprint density at radius 2 is 1.12 bits per heavy atom. The maximum absolute atomic E-state index is 13.2. The number of hydrogen-bond acceptors (Lipinski definition) is 32. The van der Waals surface area contributed by atoms with Crippen molar-refractivity contribution in [2.45, 2.75) is 174 Å². The molecule has 0 radical (unpaired) electrons. The van der Waals surface area contributed by atoms with E-state index in [4.69, 9.17) is 66.3 Å². The number of Topliss-reactive ketones (excluding diaryl/α,β-unsaturated/α-hetero) is 1. The van der Waals surface area contributed by atoms with Crippen molar-refractivity contribution >= 4 is 74.9 Å². The van der Waals surface area contributed by atoms with Crippen LogP contribution in [0.15, 0.2) is 110 Å². The van der Waals surface area contributed by atoms with E-state index < -0.39 is 0 Å². The number of anilines is 6. The van der Waals surface area contributed by atoms with E-state index in [-0.39, 0.29) is 119 Å². The molecule has 1 aromatic carbocycles. The first kappa shape index (κ1) is 98.4. The normalized spacial score (nSPS) is 21.3. The lowest BCUT2D eigenvalue weighted by atomic mass is 9.43. The topological polar surface area (TPSA) is 469 Å². The number of fused-ring (bicyclic) bond motifs is 2. The van der Waals surface area contributed by atoms with Crippen LogP contribution in [0, 0.1) is 87.8 Å². The van der Waals surface area contributed by atoms with Gasteiger partial charge >= 0.3 is 24.0 Å². The third-order valence-electron chi connectivity index (χ3n) is 27.9. The Labute approximate surface area is 810 Å². The fourth-order valence-electron chi connectivity index (χ4n) is 19.0. The first-order chi connectivity index (χ1) is 67.6. The highest BCUT2D eigenvalue weighted by atomic mass is 16.6. The number of amides is 3. The van der Waals surface area contributed by atoms with Crippen molar-refractivity contribution in [3.8, 4) is 60.0 Å². The molecule has 9 aromatic rings. The van der Waals surface area contributed by atoms with E-state index in [1.54, 1.807) is 50.7 Å². The monoisotopic (exact) mass is 1890 g/mol. The van der Waals surface area contributed by atoms with Gasteiger partial charge in [0.1, 0.15) is 58.8 Å². The molecule has 36 heteroatoms. The summed E-state index contributed by atoms with van der Waals surface area (Å²) in [5, 5.41) is 37.2. The molecule has 8 aromatic heterocycles.